The van der Waals surface area contributed by atoms with Gasteiger partial charge in [0.25, 0.3) is 0 Å². The lowest BCUT2D eigenvalue weighted by molar-refractivity contribution is -0.136. The first kappa shape index (κ1) is 26.5. The SMILES string of the molecule is CCCCNC(=O)N1CCN(C(=O)C(NC(=O)Nc2c(C)cccc2C)C(C)CC)CC1C. The van der Waals surface area contributed by atoms with Crippen LogP contribution in [0.2, 0.25) is 0 Å². The van der Waals surface area contributed by atoms with Crippen LogP contribution in [0, 0.1) is 19.8 Å². The summed E-state index contributed by atoms with van der Waals surface area (Å²) in [5.74, 6) is -0.120. The van der Waals surface area contributed by atoms with E-state index >= 15 is 0 Å². The van der Waals surface area contributed by atoms with Crippen molar-refractivity contribution in [2.75, 3.05) is 31.5 Å². The molecule has 0 saturated carbocycles. The van der Waals surface area contributed by atoms with E-state index in [1.807, 2.05) is 52.8 Å². The number of unbranched alkanes of at least 4 members (excludes halogenated alkanes) is 1. The van der Waals surface area contributed by atoms with E-state index in [1.165, 1.54) is 0 Å². The van der Waals surface area contributed by atoms with Crippen molar-refractivity contribution >= 4 is 23.7 Å². The average molecular weight is 460 g/mol. The van der Waals surface area contributed by atoms with Crippen LogP contribution in [0.4, 0.5) is 15.3 Å². The summed E-state index contributed by atoms with van der Waals surface area (Å²) in [7, 11) is 0. The van der Waals surface area contributed by atoms with Crippen LogP contribution in [0.5, 0.6) is 0 Å². The minimum absolute atomic E-state index is 0.0214. The number of piperazine rings is 1. The van der Waals surface area contributed by atoms with Gasteiger partial charge in [0, 0.05) is 37.9 Å². The molecule has 0 aliphatic carbocycles. The fourth-order valence-corrected chi connectivity index (χ4v) is 4.12. The van der Waals surface area contributed by atoms with Crippen LogP contribution in [0.3, 0.4) is 0 Å². The third kappa shape index (κ3) is 7.11. The Morgan fingerprint density at radius 2 is 1.79 bits per heavy atom. The van der Waals surface area contributed by atoms with E-state index in [4.69, 9.17) is 0 Å². The molecule has 33 heavy (non-hydrogen) atoms. The zero-order valence-electron chi connectivity index (χ0n) is 21.0. The van der Waals surface area contributed by atoms with Gasteiger partial charge in [0.05, 0.1) is 0 Å². The molecule has 1 aliphatic rings. The number of para-hydroxylation sites is 1. The molecular formula is C25H41N5O3. The Hall–Kier alpha value is -2.77. The molecule has 0 spiro atoms. The summed E-state index contributed by atoms with van der Waals surface area (Å²) in [4.78, 5) is 42.3. The van der Waals surface area contributed by atoms with Gasteiger partial charge >= 0.3 is 12.1 Å². The second kappa shape index (κ2) is 12.5. The average Bonchev–Trinajstić information content (AvgIpc) is 2.79. The van der Waals surface area contributed by atoms with Crippen LogP contribution in [-0.4, -0.2) is 66.0 Å². The summed E-state index contributed by atoms with van der Waals surface area (Å²) in [6, 6.07) is 4.66. The molecule has 8 nitrogen and oxygen atoms in total. The monoisotopic (exact) mass is 459 g/mol. The molecule has 1 aromatic carbocycles. The maximum absolute atomic E-state index is 13.4. The number of anilines is 1. The van der Waals surface area contributed by atoms with Crippen molar-refractivity contribution in [1.29, 1.82) is 0 Å². The van der Waals surface area contributed by atoms with Gasteiger partial charge in [-0.3, -0.25) is 4.79 Å². The van der Waals surface area contributed by atoms with E-state index in [0.717, 1.165) is 36.1 Å². The lowest BCUT2D eigenvalue weighted by Gasteiger charge is -2.41. The van der Waals surface area contributed by atoms with E-state index in [0.29, 0.717) is 26.2 Å². The van der Waals surface area contributed by atoms with Crippen molar-refractivity contribution in [2.24, 2.45) is 5.92 Å². The summed E-state index contributed by atoms with van der Waals surface area (Å²) < 4.78 is 0. The van der Waals surface area contributed by atoms with Crippen LogP contribution in [0.25, 0.3) is 0 Å². The van der Waals surface area contributed by atoms with Crippen LogP contribution in [-0.2, 0) is 4.79 Å². The molecule has 184 valence electrons. The maximum atomic E-state index is 13.4. The minimum Gasteiger partial charge on any atom is -0.338 e. The summed E-state index contributed by atoms with van der Waals surface area (Å²) in [6.45, 7) is 14.0. The number of urea groups is 2. The fourth-order valence-electron chi connectivity index (χ4n) is 4.12. The summed E-state index contributed by atoms with van der Waals surface area (Å²) >= 11 is 0. The Kier molecular flexibility index (Phi) is 10.0. The Morgan fingerprint density at radius 1 is 1.12 bits per heavy atom. The number of nitrogens with zero attached hydrogens (tertiary/aromatic N) is 2. The van der Waals surface area contributed by atoms with Crippen LogP contribution >= 0.6 is 0 Å². The zero-order chi connectivity index (χ0) is 24.5. The highest BCUT2D eigenvalue weighted by Crippen LogP contribution is 2.20. The topological polar surface area (TPSA) is 93.8 Å². The Bertz CT molecular complexity index is 808. The van der Waals surface area contributed by atoms with Gasteiger partial charge in [-0.2, -0.15) is 0 Å². The van der Waals surface area contributed by atoms with Crippen LogP contribution < -0.4 is 16.0 Å². The van der Waals surface area contributed by atoms with Gasteiger partial charge < -0.3 is 25.8 Å². The molecule has 1 aliphatic heterocycles. The summed E-state index contributed by atoms with van der Waals surface area (Å²) in [6.07, 6.45) is 2.74. The first-order valence-corrected chi connectivity index (χ1v) is 12.2. The van der Waals surface area contributed by atoms with E-state index in [-0.39, 0.29) is 29.9 Å². The van der Waals surface area contributed by atoms with Crippen molar-refractivity contribution in [3.05, 3.63) is 29.3 Å². The number of carbonyl (C=O) groups is 3. The van der Waals surface area contributed by atoms with E-state index in [9.17, 15) is 14.4 Å². The molecule has 5 amide bonds. The highest BCUT2D eigenvalue weighted by atomic mass is 16.2. The second-order valence-electron chi connectivity index (χ2n) is 9.14. The van der Waals surface area contributed by atoms with Crippen molar-refractivity contribution in [3.63, 3.8) is 0 Å². The molecule has 0 bridgehead atoms. The largest absolute Gasteiger partial charge is 0.338 e. The van der Waals surface area contributed by atoms with E-state index in [1.54, 1.807) is 9.80 Å². The Morgan fingerprint density at radius 3 is 2.36 bits per heavy atom. The van der Waals surface area contributed by atoms with Gasteiger partial charge in [0.2, 0.25) is 5.91 Å². The number of benzene rings is 1. The summed E-state index contributed by atoms with van der Waals surface area (Å²) in [5.41, 5.74) is 2.71. The van der Waals surface area contributed by atoms with Gasteiger partial charge in [0.1, 0.15) is 6.04 Å². The van der Waals surface area contributed by atoms with Gasteiger partial charge in [-0.25, -0.2) is 9.59 Å². The maximum Gasteiger partial charge on any atom is 0.319 e. The standard InChI is InChI=1S/C25H41N5O3/c1-7-9-13-26-25(33)30-15-14-29(16-20(30)6)23(31)22(17(3)8-2)28-24(32)27-21-18(4)11-10-12-19(21)5/h10-12,17,20,22H,7-9,13-16H2,1-6H3,(H,26,33)(H2,27,28,32). The number of hydrogen-bond acceptors (Lipinski definition) is 3. The molecule has 0 aromatic heterocycles. The first-order valence-electron chi connectivity index (χ1n) is 12.2. The van der Waals surface area contributed by atoms with Crippen LogP contribution in [0.1, 0.15) is 58.1 Å². The Labute approximate surface area is 198 Å². The first-order chi connectivity index (χ1) is 15.7. The molecule has 3 unspecified atom stereocenters. The fraction of sp³-hybridized carbons (Fsp3) is 0.640. The normalized spacial score (nSPS) is 17.8. The lowest BCUT2D eigenvalue weighted by atomic mass is 9.97. The number of amides is 5. The molecule has 2 rings (SSSR count). The van der Waals surface area contributed by atoms with Crippen molar-refractivity contribution in [2.45, 2.75) is 72.9 Å². The number of rotatable bonds is 8. The van der Waals surface area contributed by atoms with Crippen LogP contribution in [0.15, 0.2) is 18.2 Å². The number of carbonyl (C=O) groups excluding carboxylic acids is 3. The van der Waals surface area contributed by atoms with Crippen molar-refractivity contribution < 1.29 is 14.4 Å². The Balaban J connectivity index is 2.03. The summed E-state index contributed by atoms with van der Waals surface area (Å²) in [5, 5.41) is 8.79. The molecular weight excluding hydrogens is 418 g/mol. The molecule has 1 heterocycles. The van der Waals surface area contributed by atoms with Gasteiger partial charge in [-0.05, 0) is 44.2 Å². The molecule has 0 radical (unpaired) electrons. The molecule has 1 fully saturated rings. The predicted octanol–water partition coefficient (Wildman–Crippen LogP) is 3.88. The smallest absolute Gasteiger partial charge is 0.319 e. The molecule has 8 heteroatoms. The van der Waals surface area contributed by atoms with Gasteiger partial charge in [-0.1, -0.05) is 51.8 Å². The molecule has 1 saturated heterocycles. The van der Waals surface area contributed by atoms with E-state index in [2.05, 4.69) is 22.9 Å². The van der Waals surface area contributed by atoms with Gasteiger partial charge in [-0.15, -0.1) is 0 Å². The molecule has 3 atom stereocenters. The van der Waals surface area contributed by atoms with Gasteiger partial charge in [0.15, 0.2) is 0 Å². The third-order valence-electron chi connectivity index (χ3n) is 6.49. The lowest BCUT2D eigenvalue weighted by Crippen LogP contribution is -2.61. The highest BCUT2D eigenvalue weighted by Gasteiger charge is 2.35. The predicted molar refractivity (Wildman–Crippen MR) is 132 cm³/mol. The quantitative estimate of drug-likeness (QED) is 0.515. The third-order valence-corrected chi connectivity index (χ3v) is 6.49. The highest BCUT2D eigenvalue weighted by molar-refractivity contribution is 5.95. The molecule has 1 aromatic rings. The second-order valence-corrected chi connectivity index (χ2v) is 9.14. The minimum atomic E-state index is -0.628. The zero-order valence-corrected chi connectivity index (χ0v) is 21.0. The number of hydrogen-bond donors (Lipinski definition) is 3. The number of nitrogens with one attached hydrogen (secondary N) is 3. The molecule has 3 N–H and O–H groups in total. The number of aryl methyl sites for hydroxylation is 2. The van der Waals surface area contributed by atoms with Crippen molar-refractivity contribution in [1.82, 2.24) is 20.4 Å². The van der Waals surface area contributed by atoms with Crippen molar-refractivity contribution in [3.8, 4) is 0 Å². The van der Waals surface area contributed by atoms with E-state index < -0.39 is 6.04 Å².